The van der Waals surface area contributed by atoms with Gasteiger partial charge in [-0.2, -0.15) is 0 Å². The molecular weight excluding hydrogens is 264 g/mol. The molecule has 4 unspecified atom stereocenters. The van der Waals surface area contributed by atoms with Gasteiger partial charge in [-0.25, -0.2) is 8.78 Å². The highest BCUT2D eigenvalue weighted by atomic mass is 19.2. The van der Waals surface area contributed by atoms with Gasteiger partial charge in [-0.1, -0.05) is 6.07 Å². The molecule has 1 aromatic rings. The maximum atomic E-state index is 13.5. The summed E-state index contributed by atoms with van der Waals surface area (Å²) in [6.45, 7) is 0. The van der Waals surface area contributed by atoms with Crippen molar-refractivity contribution < 1.29 is 23.6 Å². The smallest absolute Gasteiger partial charge is 0.315 e. The number of fused-ring (bicyclic) bond motifs is 2. The van der Waals surface area contributed by atoms with E-state index in [4.69, 9.17) is 4.74 Å². The second kappa shape index (κ2) is 5.13. The number of esters is 1. The topological polar surface area (TPSA) is 42.9 Å². The Morgan fingerprint density at radius 3 is 2.80 bits per heavy atom. The van der Waals surface area contributed by atoms with Gasteiger partial charge >= 0.3 is 5.97 Å². The summed E-state index contributed by atoms with van der Waals surface area (Å²) in [5, 5.41) is 2.23. The summed E-state index contributed by atoms with van der Waals surface area (Å²) >= 11 is 0. The monoisotopic (exact) mass is 282 g/mol. The summed E-state index contributed by atoms with van der Waals surface area (Å²) in [5.74, 6) is -2.31. The van der Waals surface area contributed by atoms with Crippen molar-refractivity contribution in [3.05, 3.63) is 35.4 Å². The Morgan fingerprint density at radius 2 is 2.10 bits per heavy atom. The molecule has 0 aliphatic carbocycles. The van der Waals surface area contributed by atoms with Crippen molar-refractivity contribution >= 4 is 5.97 Å². The SMILES string of the molecule is COC(=O)C1C2CCC(CC1c1ccc(F)c(F)c1)[NH2+]2. The first-order valence-corrected chi connectivity index (χ1v) is 6.98. The summed E-state index contributed by atoms with van der Waals surface area (Å²) in [5.41, 5.74) is 0.698. The average molecular weight is 282 g/mol. The molecule has 20 heavy (non-hydrogen) atoms. The van der Waals surface area contributed by atoms with Gasteiger partial charge in [0, 0.05) is 25.2 Å². The normalized spacial score (nSPS) is 32.1. The van der Waals surface area contributed by atoms with E-state index < -0.39 is 11.6 Å². The fourth-order valence-electron chi connectivity index (χ4n) is 3.78. The van der Waals surface area contributed by atoms with E-state index in [1.54, 1.807) is 6.07 Å². The van der Waals surface area contributed by atoms with Gasteiger partial charge in [0.2, 0.25) is 0 Å². The summed E-state index contributed by atoms with van der Waals surface area (Å²) in [7, 11) is 1.38. The number of hydrogen-bond donors (Lipinski definition) is 1. The molecule has 5 heteroatoms. The fraction of sp³-hybridized carbons (Fsp3) is 0.533. The van der Waals surface area contributed by atoms with Crippen LogP contribution in [0.15, 0.2) is 18.2 Å². The molecule has 3 nitrogen and oxygen atoms in total. The highest BCUT2D eigenvalue weighted by molar-refractivity contribution is 5.74. The average Bonchev–Trinajstić information content (AvgIpc) is 2.82. The third kappa shape index (κ3) is 2.20. The lowest BCUT2D eigenvalue weighted by atomic mass is 9.77. The van der Waals surface area contributed by atoms with Crippen molar-refractivity contribution in [2.45, 2.75) is 37.3 Å². The Morgan fingerprint density at radius 1 is 1.30 bits per heavy atom. The Hall–Kier alpha value is -1.49. The largest absolute Gasteiger partial charge is 0.469 e. The number of methoxy groups -OCH3 is 1. The number of piperidine rings is 1. The van der Waals surface area contributed by atoms with Gasteiger partial charge in [-0.15, -0.1) is 0 Å². The highest BCUT2D eigenvalue weighted by Crippen LogP contribution is 2.39. The summed E-state index contributed by atoms with van der Waals surface area (Å²) < 4.78 is 31.5. The van der Waals surface area contributed by atoms with Gasteiger partial charge in [0.1, 0.15) is 12.0 Å². The van der Waals surface area contributed by atoms with Crippen molar-refractivity contribution in [1.29, 1.82) is 0 Å². The van der Waals surface area contributed by atoms with Crippen LogP contribution < -0.4 is 5.32 Å². The van der Waals surface area contributed by atoms with Gasteiger partial charge < -0.3 is 10.1 Å². The van der Waals surface area contributed by atoms with Gasteiger partial charge in [0.05, 0.1) is 13.2 Å². The van der Waals surface area contributed by atoms with E-state index in [9.17, 15) is 13.6 Å². The Labute approximate surface area is 116 Å². The predicted molar refractivity (Wildman–Crippen MR) is 68.0 cm³/mol. The molecule has 0 spiro atoms. The first kappa shape index (κ1) is 13.5. The minimum atomic E-state index is -0.854. The number of halogens is 2. The van der Waals surface area contributed by atoms with E-state index in [2.05, 4.69) is 5.32 Å². The van der Waals surface area contributed by atoms with Crippen LogP contribution in [-0.2, 0) is 9.53 Å². The number of quaternary nitrogens is 1. The maximum Gasteiger partial charge on any atom is 0.315 e. The van der Waals surface area contributed by atoms with Crippen molar-refractivity contribution in [3.8, 4) is 0 Å². The van der Waals surface area contributed by atoms with Crippen molar-refractivity contribution in [2.75, 3.05) is 7.11 Å². The standard InChI is InChI=1S/C15H17F2NO2/c1-20-15(19)14-10(7-9-3-5-13(14)18-9)8-2-4-11(16)12(17)6-8/h2,4,6,9-10,13-14,18H,3,5,7H2,1H3/p+1. The van der Waals surface area contributed by atoms with Crippen LogP contribution in [-0.4, -0.2) is 25.2 Å². The molecule has 1 aromatic carbocycles. The van der Waals surface area contributed by atoms with Crippen LogP contribution in [0.25, 0.3) is 0 Å². The molecule has 2 N–H and O–H groups in total. The summed E-state index contributed by atoms with van der Waals surface area (Å²) in [6.07, 6.45) is 2.85. The van der Waals surface area contributed by atoms with Crippen LogP contribution in [0, 0.1) is 17.6 Å². The molecule has 108 valence electrons. The molecule has 2 bridgehead atoms. The van der Waals surface area contributed by atoms with Crippen LogP contribution in [0.1, 0.15) is 30.7 Å². The fourth-order valence-corrected chi connectivity index (χ4v) is 3.78. The molecule has 2 saturated heterocycles. The van der Waals surface area contributed by atoms with Gasteiger partial charge in [0.15, 0.2) is 11.6 Å². The van der Waals surface area contributed by atoms with Crippen LogP contribution >= 0.6 is 0 Å². The molecule has 2 aliphatic heterocycles. The predicted octanol–water partition coefficient (Wildman–Crippen LogP) is 1.34. The highest BCUT2D eigenvalue weighted by Gasteiger charge is 2.49. The third-order valence-electron chi connectivity index (χ3n) is 4.69. The summed E-state index contributed by atoms with van der Waals surface area (Å²) in [4.78, 5) is 12.1. The molecule has 2 heterocycles. The summed E-state index contributed by atoms with van der Waals surface area (Å²) in [6, 6.07) is 4.61. The lowest BCUT2D eigenvalue weighted by Crippen LogP contribution is -2.95. The second-order valence-corrected chi connectivity index (χ2v) is 5.76. The number of nitrogens with two attached hydrogens (primary N) is 1. The quantitative estimate of drug-likeness (QED) is 0.832. The number of rotatable bonds is 2. The number of ether oxygens (including phenoxy) is 1. The van der Waals surface area contributed by atoms with Crippen LogP contribution in [0.2, 0.25) is 0 Å². The first-order chi connectivity index (χ1) is 9.60. The van der Waals surface area contributed by atoms with Crippen molar-refractivity contribution in [2.24, 2.45) is 5.92 Å². The molecule has 0 saturated carbocycles. The molecule has 4 atom stereocenters. The van der Waals surface area contributed by atoms with E-state index in [0.29, 0.717) is 11.6 Å². The van der Waals surface area contributed by atoms with E-state index in [1.807, 2.05) is 0 Å². The van der Waals surface area contributed by atoms with Crippen molar-refractivity contribution in [3.63, 3.8) is 0 Å². The van der Waals surface area contributed by atoms with E-state index in [0.717, 1.165) is 25.3 Å². The third-order valence-corrected chi connectivity index (χ3v) is 4.69. The molecule has 3 rings (SSSR count). The number of carbonyl (C=O) groups excluding carboxylic acids is 1. The molecule has 0 amide bonds. The minimum absolute atomic E-state index is 0.0833. The van der Waals surface area contributed by atoms with Gasteiger partial charge in [-0.3, -0.25) is 4.79 Å². The molecular formula is C15H18F2NO2+. The second-order valence-electron chi connectivity index (χ2n) is 5.76. The van der Waals surface area contributed by atoms with E-state index in [-0.39, 0.29) is 23.8 Å². The van der Waals surface area contributed by atoms with Crippen LogP contribution in [0.4, 0.5) is 8.78 Å². The number of carbonyl (C=O) groups is 1. The minimum Gasteiger partial charge on any atom is -0.469 e. The molecule has 0 aromatic heterocycles. The van der Waals surface area contributed by atoms with Crippen molar-refractivity contribution in [1.82, 2.24) is 0 Å². The lowest BCUT2D eigenvalue weighted by Gasteiger charge is -2.33. The zero-order valence-corrected chi connectivity index (χ0v) is 11.3. The zero-order chi connectivity index (χ0) is 14.3. The van der Waals surface area contributed by atoms with Crippen LogP contribution in [0.3, 0.4) is 0 Å². The molecule has 2 aliphatic rings. The first-order valence-electron chi connectivity index (χ1n) is 6.98. The zero-order valence-electron chi connectivity index (χ0n) is 11.3. The van der Waals surface area contributed by atoms with Crippen LogP contribution in [0.5, 0.6) is 0 Å². The number of hydrogen-bond acceptors (Lipinski definition) is 2. The Balaban J connectivity index is 1.96. The van der Waals surface area contributed by atoms with Gasteiger partial charge in [0.25, 0.3) is 0 Å². The van der Waals surface area contributed by atoms with E-state index in [1.165, 1.54) is 13.2 Å². The molecule has 0 radical (unpaired) electrons. The molecule has 2 fully saturated rings. The lowest BCUT2D eigenvalue weighted by molar-refractivity contribution is -0.715. The maximum absolute atomic E-state index is 13.5. The Kier molecular flexibility index (Phi) is 3.46. The van der Waals surface area contributed by atoms with E-state index >= 15 is 0 Å². The van der Waals surface area contributed by atoms with Gasteiger partial charge in [-0.05, 0) is 17.7 Å². The number of benzene rings is 1. The Bertz CT molecular complexity index is 535.